The molecule has 0 amide bonds. The second kappa shape index (κ2) is 5.86. The predicted molar refractivity (Wildman–Crippen MR) is 58.6 cm³/mol. The molecule has 0 bridgehead atoms. The summed E-state index contributed by atoms with van der Waals surface area (Å²) in [6.45, 7) is 1.20. The van der Waals surface area contributed by atoms with E-state index in [1.807, 2.05) is 19.0 Å². The molecule has 0 radical (unpaired) electrons. The molecule has 7 nitrogen and oxygen atoms in total. The normalized spacial score (nSPS) is 11.8. The first-order valence-electron chi connectivity index (χ1n) is 4.72. The van der Waals surface area contributed by atoms with E-state index in [1.165, 1.54) is 6.20 Å². The van der Waals surface area contributed by atoms with Crippen LogP contribution in [-0.4, -0.2) is 53.4 Å². The molecular formula is C9H15N5O2. The number of rotatable bonds is 5. The Morgan fingerprint density at radius 1 is 1.62 bits per heavy atom. The molecule has 1 heterocycles. The van der Waals surface area contributed by atoms with Crippen molar-refractivity contribution in [3.63, 3.8) is 0 Å². The molecule has 0 spiro atoms. The summed E-state index contributed by atoms with van der Waals surface area (Å²) in [6, 6.07) is 1.58. The number of hydrogen-bond donors (Lipinski definition) is 2. The Balaban J connectivity index is 2.72. The van der Waals surface area contributed by atoms with Crippen LogP contribution in [0.4, 0.5) is 0 Å². The van der Waals surface area contributed by atoms with Gasteiger partial charge in [0.2, 0.25) is 5.88 Å². The van der Waals surface area contributed by atoms with Crippen LogP contribution in [0.15, 0.2) is 17.4 Å². The highest BCUT2D eigenvalue weighted by molar-refractivity contribution is 5.98. The number of likely N-dealkylation sites (N-methyl/N-ethyl adjacent to an activating group) is 1. The van der Waals surface area contributed by atoms with Gasteiger partial charge < -0.3 is 20.6 Å². The molecule has 0 saturated carbocycles. The van der Waals surface area contributed by atoms with Gasteiger partial charge in [-0.25, -0.2) is 0 Å². The van der Waals surface area contributed by atoms with Gasteiger partial charge >= 0.3 is 0 Å². The summed E-state index contributed by atoms with van der Waals surface area (Å²) >= 11 is 0. The maximum absolute atomic E-state index is 8.58. The average molecular weight is 225 g/mol. The summed E-state index contributed by atoms with van der Waals surface area (Å²) in [6.07, 6.45) is 1.45. The van der Waals surface area contributed by atoms with Gasteiger partial charge in [0.25, 0.3) is 0 Å². The largest absolute Gasteiger partial charge is 0.475 e. The van der Waals surface area contributed by atoms with E-state index in [-0.39, 0.29) is 11.7 Å². The monoisotopic (exact) mass is 225 g/mol. The highest BCUT2D eigenvalue weighted by atomic mass is 16.5. The highest BCUT2D eigenvalue weighted by Crippen LogP contribution is 2.12. The summed E-state index contributed by atoms with van der Waals surface area (Å²) in [7, 11) is 3.87. The van der Waals surface area contributed by atoms with Gasteiger partial charge in [-0.2, -0.15) is 5.10 Å². The minimum absolute atomic E-state index is 0.0465. The number of aromatic nitrogens is 2. The van der Waals surface area contributed by atoms with Crippen molar-refractivity contribution < 1.29 is 9.94 Å². The first kappa shape index (κ1) is 12.2. The van der Waals surface area contributed by atoms with Gasteiger partial charge in [-0.15, -0.1) is 5.10 Å². The van der Waals surface area contributed by atoms with E-state index in [0.717, 1.165) is 6.54 Å². The van der Waals surface area contributed by atoms with Gasteiger partial charge in [0.1, 0.15) is 6.61 Å². The number of hydrogen-bond acceptors (Lipinski definition) is 6. The highest BCUT2D eigenvalue weighted by Gasteiger charge is 2.09. The Kier molecular flexibility index (Phi) is 4.46. The van der Waals surface area contributed by atoms with E-state index in [4.69, 9.17) is 15.7 Å². The number of ether oxygens (including phenoxy) is 1. The second-order valence-corrected chi connectivity index (χ2v) is 3.39. The standard InChI is InChI=1S/C9H15N5O2/c1-14(2)5-6-16-9-7(8(10)13-15)3-4-11-12-9/h3-4,15H,5-6H2,1-2H3,(H2,10,13). The molecular weight excluding hydrogens is 210 g/mol. The van der Waals surface area contributed by atoms with Crippen LogP contribution in [0.5, 0.6) is 5.88 Å². The molecule has 88 valence electrons. The summed E-state index contributed by atoms with van der Waals surface area (Å²) in [5, 5.41) is 18.9. The van der Waals surface area contributed by atoms with E-state index in [9.17, 15) is 0 Å². The van der Waals surface area contributed by atoms with Gasteiger partial charge in [-0.1, -0.05) is 5.16 Å². The number of amidine groups is 1. The van der Waals surface area contributed by atoms with Crippen molar-refractivity contribution >= 4 is 5.84 Å². The van der Waals surface area contributed by atoms with Gasteiger partial charge in [-0.05, 0) is 20.2 Å². The van der Waals surface area contributed by atoms with Crippen molar-refractivity contribution in [3.8, 4) is 5.88 Å². The molecule has 0 fully saturated rings. The number of nitrogens with two attached hydrogens (primary N) is 1. The van der Waals surface area contributed by atoms with Gasteiger partial charge in [0.05, 0.1) is 11.8 Å². The molecule has 3 N–H and O–H groups in total. The molecule has 1 rings (SSSR count). The lowest BCUT2D eigenvalue weighted by Gasteiger charge is -2.11. The summed E-state index contributed by atoms with van der Waals surface area (Å²) in [5.74, 6) is 0.217. The summed E-state index contributed by atoms with van der Waals surface area (Å²) in [5.41, 5.74) is 5.90. The van der Waals surface area contributed by atoms with Crippen LogP contribution in [0, 0.1) is 0 Å². The van der Waals surface area contributed by atoms with Gasteiger partial charge in [0.15, 0.2) is 5.84 Å². The maximum atomic E-state index is 8.58. The summed E-state index contributed by atoms with van der Waals surface area (Å²) in [4.78, 5) is 1.97. The van der Waals surface area contributed by atoms with Crippen LogP contribution in [0.3, 0.4) is 0 Å². The number of oxime groups is 1. The lowest BCUT2D eigenvalue weighted by atomic mass is 10.3. The fourth-order valence-corrected chi connectivity index (χ4v) is 0.999. The minimum atomic E-state index is -0.0465. The van der Waals surface area contributed by atoms with Gasteiger partial charge in [-0.3, -0.25) is 0 Å². The van der Waals surface area contributed by atoms with Crippen molar-refractivity contribution in [3.05, 3.63) is 17.8 Å². The summed E-state index contributed by atoms with van der Waals surface area (Å²) < 4.78 is 5.38. The predicted octanol–water partition coefficient (Wildman–Crippen LogP) is -0.488. The Morgan fingerprint density at radius 3 is 3.00 bits per heavy atom. The van der Waals surface area contributed by atoms with E-state index in [1.54, 1.807) is 6.07 Å². The van der Waals surface area contributed by atoms with Crippen LogP contribution >= 0.6 is 0 Å². The zero-order valence-electron chi connectivity index (χ0n) is 9.29. The van der Waals surface area contributed by atoms with Crippen molar-refractivity contribution in [1.29, 1.82) is 0 Å². The van der Waals surface area contributed by atoms with Crippen LogP contribution in [0.2, 0.25) is 0 Å². The molecule has 0 aliphatic heterocycles. The van der Waals surface area contributed by atoms with Crippen molar-refractivity contribution in [2.75, 3.05) is 27.2 Å². The molecule has 0 unspecified atom stereocenters. The third kappa shape index (κ3) is 3.35. The minimum Gasteiger partial charge on any atom is -0.475 e. The quantitative estimate of drug-likeness (QED) is 0.304. The number of nitrogens with zero attached hydrogens (tertiary/aromatic N) is 4. The Morgan fingerprint density at radius 2 is 2.38 bits per heavy atom. The smallest absolute Gasteiger partial charge is 0.244 e. The lowest BCUT2D eigenvalue weighted by molar-refractivity contribution is 0.251. The molecule has 0 aliphatic rings. The molecule has 0 saturated heterocycles. The maximum Gasteiger partial charge on any atom is 0.244 e. The molecule has 0 atom stereocenters. The molecule has 1 aromatic heterocycles. The van der Waals surface area contributed by atoms with E-state index >= 15 is 0 Å². The Hall–Kier alpha value is -1.89. The van der Waals surface area contributed by atoms with Crippen LogP contribution in [0.25, 0.3) is 0 Å². The van der Waals surface area contributed by atoms with Crippen LogP contribution in [0.1, 0.15) is 5.56 Å². The fourth-order valence-electron chi connectivity index (χ4n) is 0.999. The third-order valence-electron chi connectivity index (χ3n) is 1.85. The van der Waals surface area contributed by atoms with E-state index < -0.39 is 0 Å². The average Bonchev–Trinajstić information content (AvgIpc) is 2.28. The Bertz CT molecular complexity index is 367. The molecule has 1 aromatic rings. The van der Waals surface area contributed by atoms with Crippen molar-refractivity contribution in [2.24, 2.45) is 10.9 Å². The van der Waals surface area contributed by atoms with Crippen LogP contribution < -0.4 is 10.5 Å². The molecule has 7 heteroatoms. The first-order chi connectivity index (χ1) is 7.65. The molecule has 0 aromatic carbocycles. The molecule has 0 aliphatic carbocycles. The first-order valence-corrected chi connectivity index (χ1v) is 4.72. The van der Waals surface area contributed by atoms with Crippen molar-refractivity contribution in [2.45, 2.75) is 0 Å². The zero-order valence-corrected chi connectivity index (χ0v) is 9.29. The SMILES string of the molecule is CN(C)CCOc1nnccc1/C(N)=N/O. The van der Waals surface area contributed by atoms with E-state index in [0.29, 0.717) is 12.2 Å². The zero-order chi connectivity index (χ0) is 12.0. The Labute approximate surface area is 93.5 Å². The second-order valence-electron chi connectivity index (χ2n) is 3.39. The lowest BCUT2D eigenvalue weighted by Crippen LogP contribution is -2.21. The fraction of sp³-hybridized carbons (Fsp3) is 0.444. The molecule has 16 heavy (non-hydrogen) atoms. The van der Waals surface area contributed by atoms with Crippen molar-refractivity contribution in [1.82, 2.24) is 15.1 Å². The topological polar surface area (TPSA) is 96.9 Å². The third-order valence-corrected chi connectivity index (χ3v) is 1.85. The van der Waals surface area contributed by atoms with Crippen LogP contribution in [-0.2, 0) is 0 Å². The van der Waals surface area contributed by atoms with E-state index in [2.05, 4.69) is 15.4 Å². The van der Waals surface area contributed by atoms with Gasteiger partial charge in [0, 0.05) is 6.54 Å².